The summed E-state index contributed by atoms with van der Waals surface area (Å²) < 4.78 is 10.5. The second-order valence-electron chi connectivity index (χ2n) is 5.10. The lowest BCUT2D eigenvalue weighted by molar-refractivity contribution is -0.122. The topological polar surface area (TPSA) is 59.6 Å². The second kappa shape index (κ2) is 8.43. The van der Waals surface area contributed by atoms with Gasteiger partial charge >= 0.3 is 0 Å². The van der Waals surface area contributed by atoms with Crippen molar-refractivity contribution in [2.24, 2.45) is 0 Å². The average Bonchev–Trinajstić information content (AvgIpc) is 3.11. The van der Waals surface area contributed by atoms with Crippen LogP contribution in [0.1, 0.15) is 18.4 Å². The molecule has 2 aromatic rings. The maximum absolute atomic E-state index is 12.1. The molecule has 6 heteroatoms. The number of nitrogens with one attached hydrogen (secondary N) is 2. The number of thiophene rings is 1. The van der Waals surface area contributed by atoms with Gasteiger partial charge in [-0.3, -0.25) is 4.79 Å². The van der Waals surface area contributed by atoms with E-state index in [-0.39, 0.29) is 11.8 Å². The van der Waals surface area contributed by atoms with Crippen LogP contribution in [0.2, 0.25) is 0 Å². The van der Waals surface area contributed by atoms with E-state index in [1.54, 1.807) is 25.6 Å². The van der Waals surface area contributed by atoms with Crippen molar-refractivity contribution in [1.82, 2.24) is 5.32 Å². The van der Waals surface area contributed by atoms with Crippen LogP contribution in [0.25, 0.3) is 0 Å². The van der Waals surface area contributed by atoms with Gasteiger partial charge in [-0.15, -0.1) is 0 Å². The molecule has 1 aromatic carbocycles. The zero-order chi connectivity index (χ0) is 16.7. The van der Waals surface area contributed by atoms with Crippen LogP contribution < -0.4 is 20.1 Å². The Morgan fingerprint density at radius 2 is 1.87 bits per heavy atom. The lowest BCUT2D eigenvalue weighted by atomic mass is 10.0. The molecule has 0 bridgehead atoms. The molecule has 1 amide bonds. The van der Waals surface area contributed by atoms with Gasteiger partial charge in [-0.25, -0.2) is 0 Å². The minimum Gasteiger partial charge on any atom is -0.497 e. The van der Waals surface area contributed by atoms with E-state index in [0.29, 0.717) is 13.1 Å². The number of hydrogen-bond acceptors (Lipinski definition) is 5. The molecule has 0 saturated carbocycles. The van der Waals surface area contributed by atoms with E-state index < -0.39 is 0 Å². The van der Waals surface area contributed by atoms with E-state index in [9.17, 15) is 4.79 Å². The number of carbonyl (C=O) groups excluding carboxylic acids is 1. The zero-order valence-electron chi connectivity index (χ0n) is 13.6. The number of methoxy groups -OCH3 is 2. The highest BCUT2D eigenvalue weighted by atomic mass is 32.1. The monoisotopic (exact) mass is 334 g/mol. The molecule has 0 fully saturated rings. The molecule has 2 N–H and O–H groups in total. The lowest BCUT2D eigenvalue weighted by Gasteiger charge is -2.13. The van der Waals surface area contributed by atoms with E-state index in [1.165, 1.54) is 0 Å². The molecule has 2 rings (SSSR count). The Morgan fingerprint density at radius 3 is 2.43 bits per heavy atom. The molecule has 0 aliphatic heterocycles. The summed E-state index contributed by atoms with van der Waals surface area (Å²) >= 11 is 1.60. The van der Waals surface area contributed by atoms with Gasteiger partial charge in [0.05, 0.1) is 20.1 Å². The van der Waals surface area contributed by atoms with Crippen molar-refractivity contribution >= 4 is 22.9 Å². The second-order valence-corrected chi connectivity index (χ2v) is 5.88. The highest BCUT2D eigenvalue weighted by Crippen LogP contribution is 2.25. The van der Waals surface area contributed by atoms with Gasteiger partial charge in [-0.05, 0) is 29.3 Å². The SMILES string of the molecule is COc1cc(NCCNC(=O)C(C)c2ccsc2)cc(OC)c1. The molecule has 0 spiro atoms. The Bertz CT molecular complexity index is 607. The van der Waals surface area contributed by atoms with Crippen LogP contribution in [0.15, 0.2) is 35.0 Å². The van der Waals surface area contributed by atoms with Gasteiger partial charge in [0.15, 0.2) is 0 Å². The molecule has 5 nitrogen and oxygen atoms in total. The first-order valence-electron chi connectivity index (χ1n) is 7.40. The van der Waals surface area contributed by atoms with Crippen LogP contribution in [-0.4, -0.2) is 33.2 Å². The molecular formula is C17H22N2O3S. The maximum atomic E-state index is 12.1. The minimum absolute atomic E-state index is 0.0356. The highest BCUT2D eigenvalue weighted by Gasteiger charge is 2.14. The van der Waals surface area contributed by atoms with Gasteiger partial charge in [-0.2, -0.15) is 11.3 Å². The first kappa shape index (κ1) is 17.1. The van der Waals surface area contributed by atoms with Gasteiger partial charge in [0.1, 0.15) is 11.5 Å². The van der Waals surface area contributed by atoms with Crippen LogP contribution >= 0.6 is 11.3 Å². The van der Waals surface area contributed by atoms with Crippen molar-refractivity contribution in [2.75, 3.05) is 32.6 Å². The predicted molar refractivity (Wildman–Crippen MR) is 93.8 cm³/mol. The molecule has 0 aliphatic carbocycles. The van der Waals surface area contributed by atoms with Crippen molar-refractivity contribution in [2.45, 2.75) is 12.8 Å². The fourth-order valence-corrected chi connectivity index (χ4v) is 2.88. The average molecular weight is 334 g/mol. The Labute approximate surface area is 140 Å². The van der Waals surface area contributed by atoms with E-state index in [1.807, 2.05) is 41.9 Å². The van der Waals surface area contributed by atoms with E-state index in [2.05, 4.69) is 10.6 Å². The number of carbonyl (C=O) groups is 1. The zero-order valence-corrected chi connectivity index (χ0v) is 14.4. The summed E-state index contributed by atoms with van der Waals surface area (Å²) in [7, 11) is 3.23. The Morgan fingerprint density at radius 1 is 1.17 bits per heavy atom. The summed E-state index contributed by atoms with van der Waals surface area (Å²) in [6, 6.07) is 7.57. The van der Waals surface area contributed by atoms with E-state index >= 15 is 0 Å². The normalized spacial score (nSPS) is 11.6. The Balaban J connectivity index is 1.80. The molecule has 1 unspecified atom stereocenters. The van der Waals surface area contributed by atoms with Crippen LogP contribution in [0.5, 0.6) is 11.5 Å². The highest BCUT2D eigenvalue weighted by molar-refractivity contribution is 7.08. The molecular weight excluding hydrogens is 312 g/mol. The third kappa shape index (κ3) is 4.89. The molecule has 124 valence electrons. The third-order valence-electron chi connectivity index (χ3n) is 3.54. The van der Waals surface area contributed by atoms with Gasteiger partial charge < -0.3 is 20.1 Å². The van der Waals surface area contributed by atoms with Crippen molar-refractivity contribution in [3.05, 3.63) is 40.6 Å². The predicted octanol–water partition coefficient (Wildman–Crippen LogP) is 3.10. The van der Waals surface area contributed by atoms with Gasteiger partial charge in [0, 0.05) is 37.0 Å². The summed E-state index contributed by atoms with van der Waals surface area (Å²) in [5, 5.41) is 10.2. The molecule has 0 aliphatic rings. The molecule has 1 aromatic heterocycles. The quantitative estimate of drug-likeness (QED) is 0.728. The number of ether oxygens (including phenoxy) is 2. The Kier molecular flexibility index (Phi) is 6.29. The third-order valence-corrected chi connectivity index (χ3v) is 4.24. The van der Waals surface area contributed by atoms with Crippen molar-refractivity contribution in [3.8, 4) is 11.5 Å². The largest absolute Gasteiger partial charge is 0.497 e. The van der Waals surface area contributed by atoms with Crippen LogP contribution in [-0.2, 0) is 4.79 Å². The summed E-state index contributed by atoms with van der Waals surface area (Å²) in [4.78, 5) is 12.1. The smallest absolute Gasteiger partial charge is 0.227 e. The van der Waals surface area contributed by atoms with Crippen molar-refractivity contribution in [3.63, 3.8) is 0 Å². The van der Waals surface area contributed by atoms with Crippen molar-refractivity contribution < 1.29 is 14.3 Å². The lowest BCUT2D eigenvalue weighted by Crippen LogP contribution is -2.31. The number of anilines is 1. The van der Waals surface area contributed by atoms with E-state index in [0.717, 1.165) is 22.7 Å². The first-order chi connectivity index (χ1) is 11.1. The van der Waals surface area contributed by atoms with Gasteiger partial charge in [0.2, 0.25) is 5.91 Å². The van der Waals surface area contributed by atoms with Crippen LogP contribution in [0.3, 0.4) is 0 Å². The van der Waals surface area contributed by atoms with Crippen LogP contribution in [0.4, 0.5) is 5.69 Å². The fraction of sp³-hybridized carbons (Fsp3) is 0.353. The van der Waals surface area contributed by atoms with Gasteiger partial charge in [-0.1, -0.05) is 0 Å². The van der Waals surface area contributed by atoms with Gasteiger partial charge in [0.25, 0.3) is 0 Å². The fourth-order valence-electron chi connectivity index (χ4n) is 2.13. The number of amides is 1. The number of rotatable bonds is 8. The van der Waals surface area contributed by atoms with Crippen molar-refractivity contribution in [1.29, 1.82) is 0 Å². The standard InChI is InChI=1S/C17H22N2O3S/c1-12(13-4-7-23-11-13)17(20)19-6-5-18-14-8-15(21-2)10-16(9-14)22-3/h4,7-12,18H,5-6H2,1-3H3,(H,19,20). The summed E-state index contributed by atoms with van der Waals surface area (Å²) in [6.07, 6.45) is 0. The number of hydrogen-bond donors (Lipinski definition) is 2. The first-order valence-corrected chi connectivity index (χ1v) is 8.35. The number of benzene rings is 1. The molecule has 0 saturated heterocycles. The summed E-state index contributed by atoms with van der Waals surface area (Å²) in [5.74, 6) is 1.36. The van der Waals surface area contributed by atoms with Crippen LogP contribution in [0, 0.1) is 0 Å². The summed E-state index contributed by atoms with van der Waals surface area (Å²) in [6.45, 7) is 3.09. The molecule has 23 heavy (non-hydrogen) atoms. The molecule has 0 radical (unpaired) electrons. The molecule has 1 heterocycles. The molecule has 1 atom stereocenters. The Hall–Kier alpha value is -2.21. The maximum Gasteiger partial charge on any atom is 0.227 e. The minimum atomic E-state index is -0.127. The summed E-state index contributed by atoms with van der Waals surface area (Å²) in [5.41, 5.74) is 1.94. The van der Waals surface area contributed by atoms with E-state index in [4.69, 9.17) is 9.47 Å².